The molecule has 33 nitrogen and oxygen atoms in total. The first-order chi connectivity index (χ1) is 31.2. The predicted molar refractivity (Wildman–Crippen MR) is 195 cm³/mol. The Bertz CT molecular complexity index is 2640. The standard InChI is InChI=1S/3C11H12N4O7.3Na/c3*16-4-5(17)10(22-7(4)6(18)11(20)21)15-2-14-3-8(15)12-1-13-9(3)19;;;/h3*1-2,4-7,10,16-18H,(H,20,21)(H,12,13,19);;;/q;;;3*+1/p-3/t3*4-,5+,6?,7-,10+;;;/m000.../s1. The number of aromatic amines is 3. The van der Waals surface area contributed by atoms with Crippen LogP contribution >= 0.6 is 0 Å². The number of aliphatic carboxylic acids is 3. The largest absolute Gasteiger partial charge is 1.00 e. The van der Waals surface area contributed by atoms with Crippen LogP contribution in [0.5, 0.6) is 0 Å². The van der Waals surface area contributed by atoms with E-state index in [4.69, 9.17) is 14.2 Å². The van der Waals surface area contributed by atoms with Crippen LogP contribution in [-0.2, 0) is 28.6 Å². The van der Waals surface area contributed by atoms with Crippen molar-refractivity contribution in [3.63, 3.8) is 0 Å². The third-order valence-corrected chi connectivity index (χ3v) is 10.4. The summed E-state index contributed by atoms with van der Waals surface area (Å²) in [6.45, 7) is 0. The molecule has 36 heteroatoms. The van der Waals surface area contributed by atoms with Crippen molar-refractivity contribution in [2.24, 2.45) is 0 Å². The molecule has 6 aromatic heterocycles. The molecule has 354 valence electrons. The topological polar surface area (TPSA) is 521 Å². The zero-order valence-corrected chi connectivity index (χ0v) is 41.6. The second-order valence-corrected chi connectivity index (χ2v) is 14.4. The van der Waals surface area contributed by atoms with Crippen LogP contribution in [0.15, 0.2) is 52.3 Å². The number of H-pyrrole nitrogens is 3. The first kappa shape index (κ1) is 57.6. The number of rotatable bonds is 9. The fraction of sp³-hybridized carbons (Fsp3) is 0.455. The van der Waals surface area contributed by atoms with Gasteiger partial charge in [0.25, 0.3) is 16.7 Å². The van der Waals surface area contributed by atoms with Crippen LogP contribution in [0.1, 0.15) is 18.7 Å². The summed E-state index contributed by atoms with van der Waals surface area (Å²) < 4.78 is 19.1. The molecule has 6 aromatic rings. The van der Waals surface area contributed by atoms with E-state index >= 15 is 0 Å². The van der Waals surface area contributed by atoms with Crippen molar-refractivity contribution >= 4 is 51.4 Å². The Labute approximate surface area is 445 Å². The van der Waals surface area contributed by atoms with Gasteiger partial charge in [-0.15, -0.1) is 0 Å². The molecule has 3 saturated heterocycles. The van der Waals surface area contributed by atoms with Crippen LogP contribution in [0, 0.1) is 0 Å². The zero-order valence-electron chi connectivity index (χ0n) is 35.6. The zero-order chi connectivity index (χ0) is 48.0. The minimum Gasteiger partial charge on any atom is -0.547 e. The molecule has 0 bridgehead atoms. The number of aliphatic hydroxyl groups is 9. The number of imidazole rings is 3. The molecule has 69 heavy (non-hydrogen) atoms. The van der Waals surface area contributed by atoms with Gasteiger partial charge >= 0.3 is 88.7 Å². The summed E-state index contributed by atoms with van der Waals surface area (Å²) in [5.41, 5.74) is -1.37. The maximum absolute atomic E-state index is 11.6. The molecule has 0 aromatic carbocycles. The van der Waals surface area contributed by atoms with Crippen LogP contribution in [0.3, 0.4) is 0 Å². The Balaban J connectivity index is 0.000000221. The number of hydrogen-bond donors (Lipinski definition) is 12. The summed E-state index contributed by atoms with van der Waals surface area (Å²) in [6, 6.07) is 0. The van der Waals surface area contributed by atoms with Gasteiger partial charge in [0.05, 0.1) is 55.9 Å². The minimum absolute atomic E-state index is 0. The molecule has 3 aliphatic rings. The van der Waals surface area contributed by atoms with Crippen LogP contribution in [-0.4, -0.2) is 196 Å². The second-order valence-electron chi connectivity index (χ2n) is 14.4. The van der Waals surface area contributed by atoms with Crippen molar-refractivity contribution in [1.82, 2.24) is 58.6 Å². The van der Waals surface area contributed by atoms with E-state index in [9.17, 15) is 90.0 Å². The van der Waals surface area contributed by atoms with E-state index in [1.807, 2.05) is 0 Å². The molecule has 15 atom stereocenters. The van der Waals surface area contributed by atoms with E-state index in [2.05, 4.69) is 44.9 Å². The second kappa shape index (κ2) is 23.5. The molecule has 9 rings (SSSR count). The van der Waals surface area contributed by atoms with Gasteiger partial charge < -0.3 is 105 Å². The summed E-state index contributed by atoms with van der Waals surface area (Å²) in [7, 11) is 0. The Morgan fingerprint density at radius 1 is 0.464 bits per heavy atom. The number of carboxylic acid groups (broad SMARTS) is 3. The van der Waals surface area contributed by atoms with Crippen molar-refractivity contribution < 1.29 is 179 Å². The summed E-state index contributed by atoms with van der Waals surface area (Å²) in [5.74, 6) is -5.54. The number of hydrogen-bond acceptors (Lipinski definition) is 27. The predicted octanol–water partition coefficient (Wildman–Crippen LogP) is -21.4. The van der Waals surface area contributed by atoms with Crippen molar-refractivity contribution in [2.75, 3.05) is 0 Å². The molecule has 9 heterocycles. The molecule has 0 radical (unpaired) electrons. The summed E-state index contributed by atoms with van der Waals surface area (Å²) in [5, 5.41) is 120. The van der Waals surface area contributed by atoms with Crippen molar-refractivity contribution in [2.45, 2.75) is 91.9 Å². The van der Waals surface area contributed by atoms with E-state index in [0.717, 1.165) is 38.0 Å². The van der Waals surface area contributed by atoms with Gasteiger partial charge in [-0.05, 0) is 0 Å². The molecule has 3 fully saturated rings. The molecule has 0 saturated carbocycles. The van der Waals surface area contributed by atoms with E-state index in [0.29, 0.717) is 0 Å². The van der Waals surface area contributed by atoms with Gasteiger partial charge in [0.1, 0.15) is 73.2 Å². The normalized spacial score (nSPS) is 28.5. The van der Waals surface area contributed by atoms with E-state index < -0.39 is 127 Å². The minimum atomic E-state index is -2.12. The van der Waals surface area contributed by atoms with Crippen molar-refractivity contribution in [3.8, 4) is 0 Å². The number of nitrogens with zero attached hydrogens (tertiary/aromatic N) is 9. The summed E-state index contributed by atoms with van der Waals surface area (Å²) >= 11 is 0. The maximum Gasteiger partial charge on any atom is 1.00 e. The Hall–Kier alpha value is -4.02. The first-order valence-electron chi connectivity index (χ1n) is 18.7. The molecule has 3 aliphatic heterocycles. The Kier molecular flexibility index (Phi) is 19.6. The van der Waals surface area contributed by atoms with Crippen LogP contribution in [0.25, 0.3) is 33.5 Å². The number of carbonyl (C=O) groups is 3. The van der Waals surface area contributed by atoms with Gasteiger partial charge in [-0.1, -0.05) is 0 Å². The Morgan fingerprint density at radius 3 is 0.913 bits per heavy atom. The summed E-state index contributed by atoms with van der Waals surface area (Å²) in [6.07, 6.45) is -17.8. The van der Waals surface area contributed by atoms with Crippen LogP contribution in [0.2, 0.25) is 0 Å². The van der Waals surface area contributed by atoms with Gasteiger partial charge in [-0.25, -0.2) is 29.9 Å². The monoisotopic (exact) mass is 1000 g/mol. The number of nitrogens with one attached hydrogen (secondary N) is 3. The van der Waals surface area contributed by atoms with Gasteiger partial charge in [0.2, 0.25) is 0 Å². The molecule has 3 unspecified atom stereocenters. The van der Waals surface area contributed by atoms with Crippen molar-refractivity contribution in [3.05, 3.63) is 69.0 Å². The maximum atomic E-state index is 11.6. The third kappa shape index (κ3) is 11.1. The number of fused-ring (bicyclic) bond motifs is 3. The molecule has 12 N–H and O–H groups in total. The number of carbonyl (C=O) groups excluding carboxylic acids is 3. The smallest absolute Gasteiger partial charge is 0.547 e. The third-order valence-electron chi connectivity index (χ3n) is 10.4. The summed E-state index contributed by atoms with van der Waals surface area (Å²) in [4.78, 5) is 96.8. The Morgan fingerprint density at radius 2 is 0.696 bits per heavy atom. The van der Waals surface area contributed by atoms with Gasteiger partial charge in [0, 0.05) is 0 Å². The molecule has 0 aliphatic carbocycles. The number of aliphatic hydroxyl groups excluding tert-OH is 9. The SMILES string of the molecule is O=C([O-])C(O)[C@H]1O[C@@H](n2cnc3c(=O)[nH]cnc32)[C@H](O)[C@@H]1O.O=C([O-])C(O)[C@H]1O[C@@H](n2cnc3c(=O)[nH]cnc32)[C@H](O)[C@@H]1O.O=C([O-])C(O)[C@H]1O[C@@H](n2cnc3c(=O)[nH]cnc32)[C@H](O)[C@@H]1O.[Na+].[Na+].[Na+]. The van der Waals surface area contributed by atoms with Gasteiger partial charge in [-0.2, -0.15) is 0 Å². The average molecular weight is 1000 g/mol. The molecular formula is C33H33N12Na3O21. The van der Waals surface area contributed by atoms with E-state index in [-0.39, 0.29) is 122 Å². The van der Waals surface area contributed by atoms with Gasteiger partial charge in [-0.3, -0.25) is 28.1 Å². The van der Waals surface area contributed by atoms with Crippen LogP contribution < -0.4 is 121 Å². The van der Waals surface area contributed by atoms with Crippen molar-refractivity contribution in [1.29, 1.82) is 0 Å². The fourth-order valence-electron chi connectivity index (χ4n) is 7.08. The first-order valence-corrected chi connectivity index (χ1v) is 18.7. The number of ether oxygens (including phenoxy) is 3. The van der Waals surface area contributed by atoms with E-state index in [1.54, 1.807) is 0 Å². The van der Waals surface area contributed by atoms with Crippen LogP contribution in [0.4, 0.5) is 0 Å². The fourth-order valence-corrected chi connectivity index (χ4v) is 7.08. The average Bonchev–Trinajstić information content (AvgIpc) is 4.15. The molecule has 0 spiro atoms. The number of carboxylic acids is 3. The van der Waals surface area contributed by atoms with E-state index in [1.165, 1.54) is 13.7 Å². The molecular weight excluding hydrogens is 969 g/mol. The number of aromatic nitrogens is 12. The van der Waals surface area contributed by atoms with Gasteiger partial charge in [0.15, 0.2) is 52.2 Å². The molecule has 0 amide bonds. The quantitative estimate of drug-likeness (QED) is 0.0598.